The molecular formula is C48H51N3O8. The zero-order chi connectivity index (χ0) is 41.5. The Balaban J connectivity index is 1.06. The standard InChI is InChI=1S/C48H51N3O8/c1-31-42(28-50(3)32(2)44(54)36-15-8-5-9-16-36)58-47(59-45(31)37-22-20-33(29-52)21-23-37)40-19-11-18-39(25-40)38-17-10-14-35(24-38)27-51-43(53)26-41(46(51)55)49-48(56)57-30-34-12-6-4-7-13-34/h4-25,31-32,41-42,44-45,47,52,54H,26-30H2,1-3H3,(H,49,56)/t31-,32+,41?,42+,44+,45+,47+/m0/s1. The fourth-order valence-corrected chi connectivity index (χ4v) is 7.71. The molecule has 0 spiro atoms. The van der Waals surface area contributed by atoms with Gasteiger partial charge in [0.15, 0.2) is 6.29 Å². The molecule has 0 aromatic heterocycles. The predicted octanol–water partition coefficient (Wildman–Crippen LogP) is 7.25. The highest BCUT2D eigenvalue weighted by atomic mass is 16.7. The van der Waals surface area contributed by atoms with Crippen LogP contribution in [-0.2, 0) is 43.6 Å². The van der Waals surface area contributed by atoms with Crippen LogP contribution in [0.25, 0.3) is 11.1 Å². The Hall–Kier alpha value is -5.69. The summed E-state index contributed by atoms with van der Waals surface area (Å²) < 4.78 is 18.8. The number of aliphatic hydroxyl groups excluding tert-OH is 2. The number of carbonyl (C=O) groups is 3. The van der Waals surface area contributed by atoms with E-state index in [0.717, 1.165) is 44.5 Å². The molecule has 2 heterocycles. The van der Waals surface area contributed by atoms with Crippen LogP contribution in [0.4, 0.5) is 4.79 Å². The molecule has 5 aromatic carbocycles. The second-order valence-electron chi connectivity index (χ2n) is 15.5. The monoisotopic (exact) mass is 797 g/mol. The third-order valence-electron chi connectivity index (χ3n) is 11.4. The Morgan fingerprint density at radius 2 is 1.49 bits per heavy atom. The van der Waals surface area contributed by atoms with Crippen LogP contribution in [0, 0.1) is 5.92 Å². The molecule has 2 saturated heterocycles. The van der Waals surface area contributed by atoms with Gasteiger partial charge in [-0.2, -0.15) is 0 Å². The fourth-order valence-electron chi connectivity index (χ4n) is 7.71. The van der Waals surface area contributed by atoms with Gasteiger partial charge < -0.3 is 29.7 Å². The molecule has 0 radical (unpaired) electrons. The average molecular weight is 798 g/mol. The summed E-state index contributed by atoms with van der Waals surface area (Å²) in [6, 6.07) is 41.1. The van der Waals surface area contributed by atoms with Crippen molar-refractivity contribution in [2.75, 3.05) is 13.6 Å². The number of benzene rings is 5. The van der Waals surface area contributed by atoms with Crippen molar-refractivity contribution in [1.29, 1.82) is 0 Å². The summed E-state index contributed by atoms with van der Waals surface area (Å²) in [7, 11) is 2.00. The molecular weight excluding hydrogens is 747 g/mol. The number of aliphatic hydroxyl groups is 2. The second-order valence-corrected chi connectivity index (χ2v) is 15.5. The van der Waals surface area contributed by atoms with Crippen molar-refractivity contribution >= 4 is 17.9 Å². The Labute approximate surface area is 345 Å². The molecule has 2 fully saturated rings. The number of ether oxygens (including phenoxy) is 3. The third-order valence-corrected chi connectivity index (χ3v) is 11.4. The summed E-state index contributed by atoms with van der Waals surface area (Å²) in [5.74, 6) is -0.911. The number of likely N-dealkylation sites (tertiary alicyclic amines) is 1. The molecule has 7 rings (SSSR count). The molecule has 0 aliphatic carbocycles. The number of likely N-dealkylation sites (N-methyl/N-ethyl adjacent to an activating group) is 1. The number of carbonyl (C=O) groups excluding carboxylic acids is 3. The Morgan fingerprint density at radius 1 is 0.831 bits per heavy atom. The normalized spacial score (nSPS) is 21.7. The van der Waals surface area contributed by atoms with Crippen LogP contribution in [0.1, 0.15) is 72.1 Å². The number of amides is 3. The fraction of sp³-hybridized carbons (Fsp3) is 0.312. The number of nitrogens with one attached hydrogen (secondary N) is 1. The summed E-state index contributed by atoms with van der Waals surface area (Å²) in [6.07, 6.45) is -2.89. The van der Waals surface area contributed by atoms with Gasteiger partial charge in [-0.3, -0.25) is 19.4 Å². The molecule has 7 atom stereocenters. The lowest BCUT2D eigenvalue weighted by Gasteiger charge is -2.43. The Kier molecular flexibility index (Phi) is 13.3. The first-order chi connectivity index (χ1) is 28.6. The van der Waals surface area contributed by atoms with E-state index in [-0.39, 0.29) is 56.3 Å². The molecule has 0 bridgehead atoms. The Morgan fingerprint density at radius 3 is 2.20 bits per heavy atom. The quantitative estimate of drug-likeness (QED) is 0.0993. The maximum Gasteiger partial charge on any atom is 0.408 e. The molecule has 11 heteroatoms. The minimum atomic E-state index is -0.999. The van der Waals surface area contributed by atoms with Gasteiger partial charge in [-0.05, 0) is 65.0 Å². The zero-order valence-corrected chi connectivity index (χ0v) is 33.5. The number of imide groups is 1. The summed E-state index contributed by atoms with van der Waals surface area (Å²) in [5.41, 5.74) is 6.80. The summed E-state index contributed by atoms with van der Waals surface area (Å²) in [5, 5.41) is 23.5. The minimum Gasteiger partial charge on any atom is -0.445 e. The van der Waals surface area contributed by atoms with E-state index in [9.17, 15) is 24.6 Å². The number of nitrogens with zero attached hydrogens (tertiary/aromatic N) is 2. The Bertz CT molecular complexity index is 2200. The minimum absolute atomic E-state index is 0.0502. The van der Waals surface area contributed by atoms with Crippen LogP contribution in [-0.4, -0.2) is 69.7 Å². The van der Waals surface area contributed by atoms with E-state index >= 15 is 0 Å². The van der Waals surface area contributed by atoms with Crippen LogP contribution < -0.4 is 5.32 Å². The van der Waals surface area contributed by atoms with Crippen LogP contribution in [0.2, 0.25) is 0 Å². The van der Waals surface area contributed by atoms with E-state index in [0.29, 0.717) is 6.54 Å². The van der Waals surface area contributed by atoms with E-state index in [1.807, 2.05) is 147 Å². The molecule has 3 N–H and O–H groups in total. The lowest BCUT2D eigenvalue weighted by molar-refractivity contribution is -0.276. The van der Waals surface area contributed by atoms with E-state index in [2.05, 4.69) is 17.1 Å². The molecule has 0 saturated carbocycles. The number of hydrogen-bond acceptors (Lipinski definition) is 9. The second kappa shape index (κ2) is 18.9. The van der Waals surface area contributed by atoms with Gasteiger partial charge in [-0.1, -0.05) is 128 Å². The lowest BCUT2D eigenvalue weighted by atomic mass is 9.89. The predicted molar refractivity (Wildman–Crippen MR) is 222 cm³/mol. The topological polar surface area (TPSA) is 138 Å². The van der Waals surface area contributed by atoms with Crippen LogP contribution in [0.3, 0.4) is 0 Å². The summed E-state index contributed by atoms with van der Waals surface area (Å²) in [4.78, 5) is 42.1. The molecule has 59 heavy (non-hydrogen) atoms. The van der Waals surface area contributed by atoms with Gasteiger partial charge in [-0.15, -0.1) is 0 Å². The van der Waals surface area contributed by atoms with Crippen molar-refractivity contribution in [1.82, 2.24) is 15.1 Å². The third kappa shape index (κ3) is 9.96. The van der Waals surface area contributed by atoms with Gasteiger partial charge in [-0.25, -0.2) is 4.79 Å². The number of alkyl carbamates (subject to hydrolysis) is 1. The van der Waals surface area contributed by atoms with E-state index in [4.69, 9.17) is 14.2 Å². The molecule has 2 aliphatic heterocycles. The van der Waals surface area contributed by atoms with Gasteiger partial charge in [0.1, 0.15) is 12.6 Å². The SMILES string of the molecule is C[C@H]1[C@@H](CN(C)[C@H](C)[C@@H](O)c2ccccc2)O[C@@H](c2cccc(-c3cccc(CN4C(=O)CC(NC(=O)OCc5ccccc5)C4=O)c3)c2)O[C@H]1c1ccc(CO)cc1. The summed E-state index contributed by atoms with van der Waals surface area (Å²) in [6.45, 7) is 4.72. The first kappa shape index (κ1) is 41.5. The highest BCUT2D eigenvalue weighted by molar-refractivity contribution is 6.06. The largest absolute Gasteiger partial charge is 0.445 e. The molecule has 306 valence electrons. The van der Waals surface area contributed by atoms with Gasteiger partial charge in [0, 0.05) is 24.1 Å². The first-order valence-electron chi connectivity index (χ1n) is 20.0. The van der Waals surface area contributed by atoms with Gasteiger partial charge in [0.05, 0.1) is 37.9 Å². The zero-order valence-electron chi connectivity index (χ0n) is 33.5. The van der Waals surface area contributed by atoms with Crippen molar-refractivity contribution in [3.05, 3.63) is 167 Å². The van der Waals surface area contributed by atoms with Crippen molar-refractivity contribution in [3.8, 4) is 11.1 Å². The maximum atomic E-state index is 13.3. The molecule has 1 unspecified atom stereocenters. The molecule has 3 amide bonds. The van der Waals surface area contributed by atoms with Gasteiger partial charge in [0.25, 0.3) is 5.91 Å². The first-order valence-corrected chi connectivity index (χ1v) is 20.0. The van der Waals surface area contributed by atoms with Crippen LogP contribution in [0.15, 0.2) is 133 Å². The van der Waals surface area contributed by atoms with E-state index in [1.165, 1.54) is 4.90 Å². The van der Waals surface area contributed by atoms with Crippen molar-refractivity contribution < 1.29 is 38.8 Å². The average Bonchev–Trinajstić information content (AvgIpc) is 3.53. The van der Waals surface area contributed by atoms with Crippen LogP contribution in [0.5, 0.6) is 0 Å². The highest BCUT2D eigenvalue weighted by Crippen LogP contribution is 2.43. The number of hydrogen-bond donors (Lipinski definition) is 3. The summed E-state index contributed by atoms with van der Waals surface area (Å²) >= 11 is 0. The van der Waals surface area contributed by atoms with Crippen molar-refractivity contribution in [3.63, 3.8) is 0 Å². The molecule has 2 aliphatic rings. The lowest BCUT2D eigenvalue weighted by Crippen LogP contribution is -2.46. The van der Waals surface area contributed by atoms with Crippen molar-refractivity contribution in [2.24, 2.45) is 5.92 Å². The maximum absolute atomic E-state index is 13.3. The van der Waals surface area contributed by atoms with Crippen molar-refractivity contribution in [2.45, 2.75) is 76.7 Å². The number of rotatable bonds is 14. The van der Waals surface area contributed by atoms with E-state index in [1.54, 1.807) is 0 Å². The highest BCUT2D eigenvalue weighted by Gasteiger charge is 2.41. The smallest absolute Gasteiger partial charge is 0.408 e. The van der Waals surface area contributed by atoms with Gasteiger partial charge in [0.2, 0.25) is 5.91 Å². The molecule has 11 nitrogen and oxygen atoms in total. The van der Waals surface area contributed by atoms with Gasteiger partial charge >= 0.3 is 6.09 Å². The van der Waals surface area contributed by atoms with Crippen LogP contribution >= 0.6 is 0 Å². The van der Waals surface area contributed by atoms with E-state index < -0.39 is 30.4 Å². The molecule has 5 aromatic rings.